The highest BCUT2D eigenvalue weighted by molar-refractivity contribution is 5.84. The summed E-state index contributed by atoms with van der Waals surface area (Å²) in [7, 11) is 2.18. The number of hydrogen-bond acceptors (Lipinski definition) is 1. The first-order chi connectivity index (χ1) is 11.2. The summed E-state index contributed by atoms with van der Waals surface area (Å²) in [5, 5.41) is 1.04. The van der Waals surface area contributed by atoms with Gasteiger partial charge in [-0.15, -0.1) is 0 Å². The molecule has 0 bridgehead atoms. The highest BCUT2D eigenvalue weighted by Gasteiger charge is 2.40. The monoisotopic (exact) mass is 308 g/mol. The number of aromatic nitrogens is 1. The van der Waals surface area contributed by atoms with Crippen molar-refractivity contribution in [3.63, 3.8) is 0 Å². The van der Waals surface area contributed by atoms with Crippen LogP contribution in [-0.2, 0) is 6.54 Å². The molecule has 23 heavy (non-hydrogen) atoms. The van der Waals surface area contributed by atoms with Crippen LogP contribution in [0.25, 0.3) is 10.9 Å². The van der Waals surface area contributed by atoms with Gasteiger partial charge in [0.15, 0.2) is 0 Å². The third-order valence-electron chi connectivity index (χ3n) is 4.84. The molecule has 0 saturated heterocycles. The van der Waals surface area contributed by atoms with Crippen molar-refractivity contribution in [3.05, 3.63) is 71.7 Å². The Morgan fingerprint density at radius 1 is 1.17 bits per heavy atom. The first kappa shape index (κ1) is 14.5. The van der Waals surface area contributed by atoms with E-state index in [0.29, 0.717) is 11.8 Å². The Labute approximate surface area is 135 Å². The lowest BCUT2D eigenvalue weighted by molar-refractivity contribution is 0.311. The van der Waals surface area contributed by atoms with E-state index in [-0.39, 0.29) is 5.82 Å². The number of hydrogen-bond donors (Lipinski definition) is 1. The third-order valence-corrected chi connectivity index (χ3v) is 4.84. The standard InChI is InChI=1S/C20H21FN2/c1-23(12-14-5-3-2-4-6-14)13-15-9-17(15)19-11-22-20-8-7-16(21)10-18(19)20/h2-8,10-11,15,17,22H,9,12-13H2,1H3/t15-,17-/m0/s1. The van der Waals surface area contributed by atoms with Gasteiger partial charge in [-0.1, -0.05) is 30.3 Å². The Morgan fingerprint density at radius 2 is 2.00 bits per heavy atom. The highest BCUT2D eigenvalue weighted by atomic mass is 19.1. The van der Waals surface area contributed by atoms with E-state index >= 15 is 0 Å². The molecular formula is C20H21FN2. The minimum atomic E-state index is -0.156. The molecule has 0 unspecified atom stereocenters. The Hall–Kier alpha value is -2.13. The van der Waals surface area contributed by atoms with Crippen molar-refractivity contribution in [1.29, 1.82) is 0 Å². The van der Waals surface area contributed by atoms with Gasteiger partial charge in [-0.3, -0.25) is 0 Å². The Bertz CT molecular complexity index is 809. The van der Waals surface area contributed by atoms with Gasteiger partial charge in [0.2, 0.25) is 0 Å². The van der Waals surface area contributed by atoms with Crippen molar-refractivity contribution in [2.75, 3.05) is 13.6 Å². The lowest BCUT2D eigenvalue weighted by Gasteiger charge is -2.16. The summed E-state index contributed by atoms with van der Waals surface area (Å²) in [5.41, 5.74) is 3.66. The molecular weight excluding hydrogens is 287 g/mol. The number of halogens is 1. The SMILES string of the molecule is CN(Cc1ccccc1)C[C@@H]1C[C@@H]1c1c[nH]c2ccc(F)cc12. The quantitative estimate of drug-likeness (QED) is 0.733. The smallest absolute Gasteiger partial charge is 0.123 e. The lowest BCUT2D eigenvalue weighted by atomic mass is 10.1. The minimum Gasteiger partial charge on any atom is -0.361 e. The molecule has 1 aliphatic rings. The second kappa shape index (κ2) is 5.82. The van der Waals surface area contributed by atoms with Crippen molar-refractivity contribution in [2.24, 2.45) is 5.92 Å². The molecule has 1 saturated carbocycles. The molecule has 0 spiro atoms. The summed E-state index contributed by atoms with van der Waals surface area (Å²) in [5.74, 6) is 1.08. The van der Waals surface area contributed by atoms with Crippen LogP contribution in [-0.4, -0.2) is 23.5 Å². The molecule has 1 N–H and O–H groups in total. The van der Waals surface area contributed by atoms with Gasteiger partial charge in [-0.25, -0.2) is 4.39 Å². The van der Waals surface area contributed by atoms with Crippen LogP contribution in [0.4, 0.5) is 4.39 Å². The van der Waals surface area contributed by atoms with Gasteiger partial charge >= 0.3 is 0 Å². The van der Waals surface area contributed by atoms with Gasteiger partial charge in [-0.2, -0.15) is 0 Å². The van der Waals surface area contributed by atoms with Crippen LogP contribution in [0.15, 0.2) is 54.7 Å². The molecule has 3 aromatic rings. The van der Waals surface area contributed by atoms with Crippen LogP contribution >= 0.6 is 0 Å². The van der Waals surface area contributed by atoms with Crippen LogP contribution in [0.2, 0.25) is 0 Å². The molecule has 118 valence electrons. The van der Waals surface area contributed by atoms with Crippen molar-refractivity contribution in [3.8, 4) is 0 Å². The molecule has 3 heteroatoms. The van der Waals surface area contributed by atoms with Crippen molar-refractivity contribution in [2.45, 2.75) is 18.9 Å². The lowest BCUT2D eigenvalue weighted by Crippen LogP contribution is -2.20. The fraction of sp³-hybridized carbons (Fsp3) is 0.300. The maximum Gasteiger partial charge on any atom is 0.123 e. The second-order valence-electron chi connectivity index (χ2n) is 6.72. The van der Waals surface area contributed by atoms with E-state index < -0.39 is 0 Å². The van der Waals surface area contributed by atoms with Gasteiger partial charge in [0.05, 0.1) is 0 Å². The number of benzene rings is 2. The fourth-order valence-electron chi connectivity index (χ4n) is 3.61. The molecule has 1 aliphatic carbocycles. The summed E-state index contributed by atoms with van der Waals surface area (Å²) in [4.78, 5) is 5.65. The minimum absolute atomic E-state index is 0.156. The van der Waals surface area contributed by atoms with E-state index in [1.165, 1.54) is 23.6 Å². The van der Waals surface area contributed by atoms with Crippen molar-refractivity contribution >= 4 is 10.9 Å². The largest absolute Gasteiger partial charge is 0.361 e. The van der Waals surface area contributed by atoms with E-state index in [9.17, 15) is 4.39 Å². The molecule has 1 heterocycles. The van der Waals surface area contributed by atoms with Gasteiger partial charge < -0.3 is 9.88 Å². The molecule has 2 aromatic carbocycles. The third kappa shape index (κ3) is 3.02. The molecule has 1 fully saturated rings. The number of nitrogens with one attached hydrogen (secondary N) is 1. The average Bonchev–Trinajstić information content (AvgIpc) is 3.16. The van der Waals surface area contributed by atoms with Gasteiger partial charge in [-0.05, 0) is 54.6 Å². The summed E-state index contributed by atoms with van der Waals surface area (Å²) < 4.78 is 13.5. The van der Waals surface area contributed by atoms with E-state index in [1.54, 1.807) is 6.07 Å². The summed E-state index contributed by atoms with van der Waals surface area (Å²) in [6, 6.07) is 15.6. The van der Waals surface area contributed by atoms with Gasteiger partial charge in [0.25, 0.3) is 0 Å². The van der Waals surface area contributed by atoms with Crippen LogP contribution in [0.1, 0.15) is 23.5 Å². The first-order valence-electron chi connectivity index (χ1n) is 8.20. The predicted molar refractivity (Wildman–Crippen MR) is 91.9 cm³/mol. The van der Waals surface area contributed by atoms with E-state index in [0.717, 1.165) is 24.0 Å². The zero-order valence-electron chi connectivity index (χ0n) is 13.3. The summed E-state index contributed by atoms with van der Waals surface area (Å²) in [6.45, 7) is 2.06. The second-order valence-corrected chi connectivity index (χ2v) is 6.72. The molecule has 4 rings (SSSR count). The molecule has 0 amide bonds. The van der Waals surface area contributed by atoms with Crippen LogP contribution in [0.3, 0.4) is 0 Å². The number of nitrogens with zero attached hydrogens (tertiary/aromatic N) is 1. The maximum absolute atomic E-state index is 13.5. The zero-order chi connectivity index (χ0) is 15.8. The fourth-order valence-corrected chi connectivity index (χ4v) is 3.61. The van der Waals surface area contributed by atoms with E-state index in [1.807, 2.05) is 6.07 Å². The number of H-pyrrole nitrogens is 1. The normalized spacial score (nSPS) is 20.3. The number of fused-ring (bicyclic) bond motifs is 1. The van der Waals surface area contributed by atoms with E-state index in [4.69, 9.17) is 0 Å². The van der Waals surface area contributed by atoms with E-state index in [2.05, 4.69) is 53.5 Å². The predicted octanol–water partition coefficient (Wildman–Crippen LogP) is 4.54. The molecule has 2 atom stereocenters. The molecule has 0 aliphatic heterocycles. The summed E-state index contributed by atoms with van der Waals surface area (Å²) in [6.07, 6.45) is 3.26. The molecule has 0 radical (unpaired) electrons. The van der Waals surface area contributed by atoms with Crippen LogP contribution in [0, 0.1) is 11.7 Å². The maximum atomic E-state index is 13.5. The topological polar surface area (TPSA) is 19.0 Å². The van der Waals surface area contributed by atoms with Gasteiger partial charge in [0, 0.05) is 30.2 Å². The van der Waals surface area contributed by atoms with Crippen LogP contribution in [0.5, 0.6) is 0 Å². The number of rotatable bonds is 5. The Balaban J connectivity index is 1.42. The summed E-state index contributed by atoms with van der Waals surface area (Å²) >= 11 is 0. The Kier molecular flexibility index (Phi) is 3.66. The zero-order valence-corrected chi connectivity index (χ0v) is 13.3. The Morgan fingerprint density at radius 3 is 2.83 bits per heavy atom. The molecule has 2 nitrogen and oxygen atoms in total. The van der Waals surface area contributed by atoms with Gasteiger partial charge in [0.1, 0.15) is 5.82 Å². The highest BCUT2D eigenvalue weighted by Crippen LogP contribution is 2.49. The van der Waals surface area contributed by atoms with Crippen molar-refractivity contribution in [1.82, 2.24) is 9.88 Å². The number of aromatic amines is 1. The van der Waals surface area contributed by atoms with Crippen LogP contribution < -0.4 is 0 Å². The molecule has 1 aromatic heterocycles. The average molecular weight is 308 g/mol. The first-order valence-corrected chi connectivity index (χ1v) is 8.20. The van der Waals surface area contributed by atoms with Crippen molar-refractivity contribution < 1.29 is 4.39 Å².